The topological polar surface area (TPSA) is 129 Å². The molecule has 1 N–H and O–H groups in total. The van der Waals surface area contributed by atoms with E-state index in [1.165, 1.54) is 24.5 Å². The number of rotatable bonds is 6. The lowest BCUT2D eigenvalue weighted by molar-refractivity contribution is -0.402. The standard InChI is InChI=1S/C15H12N6O4/c1-24-11-4-2-10(3-5-11)13-9-17-20-15(18-13)19-16-8-12-6-7-14(25-12)21(22)23/h2-9H,1H3,(H,18,19,20)/b16-8-. The Bertz CT molecular complexity index is 906. The summed E-state index contributed by atoms with van der Waals surface area (Å²) in [7, 11) is 1.59. The van der Waals surface area contributed by atoms with Gasteiger partial charge in [-0.1, -0.05) is 0 Å². The molecular weight excluding hydrogens is 328 g/mol. The maximum Gasteiger partial charge on any atom is 0.433 e. The highest BCUT2D eigenvalue weighted by atomic mass is 16.6. The summed E-state index contributed by atoms with van der Waals surface area (Å²) in [6.07, 6.45) is 2.79. The monoisotopic (exact) mass is 340 g/mol. The SMILES string of the molecule is COc1ccc(-c2cnnc(N/N=C\c3ccc([N+](=O)[O-])o3)n2)cc1. The van der Waals surface area contributed by atoms with Crippen LogP contribution in [0, 0.1) is 10.1 Å². The van der Waals surface area contributed by atoms with Gasteiger partial charge in [0.25, 0.3) is 5.95 Å². The van der Waals surface area contributed by atoms with Gasteiger partial charge in [-0.2, -0.15) is 10.2 Å². The number of nitrogens with zero attached hydrogens (tertiary/aromatic N) is 5. The van der Waals surface area contributed by atoms with Gasteiger partial charge in [0.15, 0.2) is 5.76 Å². The summed E-state index contributed by atoms with van der Waals surface area (Å²) in [4.78, 5) is 14.2. The van der Waals surface area contributed by atoms with E-state index in [1.807, 2.05) is 24.3 Å². The number of ether oxygens (including phenoxy) is 1. The Morgan fingerprint density at radius 3 is 2.76 bits per heavy atom. The molecule has 0 radical (unpaired) electrons. The number of benzene rings is 1. The quantitative estimate of drug-likeness (QED) is 0.411. The van der Waals surface area contributed by atoms with E-state index in [0.717, 1.165) is 11.3 Å². The number of nitrogens with one attached hydrogen (secondary N) is 1. The van der Waals surface area contributed by atoms with Gasteiger partial charge in [-0.3, -0.25) is 10.1 Å². The van der Waals surface area contributed by atoms with Gasteiger partial charge in [-0.15, -0.1) is 5.10 Å². The summed E-state index contributed by atoms with van der Waals surface area (Å²) in [5, 5.41) is 22.1. The van der Waals surface area contributed by atoms with Crippen molar-refractivity contribution < 1.29 is 14.1 Å². The van der Waals surface area contributed by atoms with E-state index in [0.29, 0.717) is 5.69 Å². The second-order valence-corrected chi connectivity index (χ2v) is 4.70. The minimum atomic E-state index is -0.629. The number of aromatic nitrogens is 3. The van der Waals surface area contributed by atoms with E-state index >= 15 is 0 Å². The summed E-state index contributed by atoms with van der Waals surface area (Å²) in [6, 6.07) is 9.98. The van der Waals surface area contributed by atoms with Crippen LogP contribution < -0.4 is 10.2 Å². The van der Waals surface area contributed by atoms with Crippen LogP contribution in [0.5, 0.6) is 5.75 Å². The van der Waals surface area contributed by atoms with E-state index in [-0.39, 0.29) is 17.6 Å². The Kier molecular flexibility index (Phi) is 4.60. The van der Waals surface area contributed by atoms with Crippen LogP contribution in [0.2, 0.25) is 0 Å². The van der Waals surface area contributed by atoms with Crippen LogP contribution in [-0.2, 0) is 0 Å². The molecule has 0 spiro atoms. The van der Waals surface area contributed by atoms with Gasteiger partial charge in [0.2, 0.25) is 0 Å². The van der Waals surface area contributed by atoms with Crippen LogP contribution in [0.1, 0.15) is 5.76 Å². The van der Waals surface area contributed by atoms with Gasteiger partial charge in [0.1, 0.15) is 10.7 Å². The lowest BCUT2D eigenvalue weighted by Gasteiger charge is -2.03. The van der Waals surface area contributed by atoms with Gasteiger partial charge in [-0.25, -0.2) is 10.4 Å². The molecule has 25 heavy (non-hydrogen) atoms. The summed E-state index contributed by atoms with van der Waals surface area (Å²) >= 11 is 0. The third-order valence-corrected chi connectivity index (χ3v) is 3.09. The summed E-state index contributed by atoms with van der Waals surface area (Å²) < 4.78 is 10.1. The first-order chi connectivity index (χ1) is 12.2. The van der Waals surface area contributed by atoms with Gasteiger partial charge in [0, 0.05) is 5.56 Å². The Labute approximate surface area is 141 Å². The highest BCUT2D eigenvalue weighted by Crippen LogP contribution is 2.20. The average molecular weight is 340 g/mol. The van der Waals surface area contributed by atoms with Crippen molar-refractivity contribution in [3.05, 3.63) is 58.5 Å². The molecule has 0 atom stereocenters. The molecule has 2 heterocycles. The number of hydrogen-bond acceptors (Lipinski definition) is 9. The molecule has 10 heteroatoms. The molecule has 0 unspecified atom stereocenters. The van der Waals surface area contributed by atoms with Crippen LogP contribution in [0.3, 0.4) is 0 Å². The molecule has 0 amide bonds. The Morgan fingerprint density at radius 2 is 2.08 bits per heavy atom. The fourth-order valence-electron chi connectivity index (χ4n) is 1.92. The minimum Gasteiger partial charge on any atom is -0.497 e. The van der Waals surface area contributed by atoms with Gasteiger partial charge >= 0.3 is 5.88 Å². The van der Waals surface area contributed by atoms with Crippen molar-refractivity contribution in [1.82, 2.24) is 15.2 Å². The summed E-state index contributed by atoms with van der Waals surface area (Å²) in [5.74, 6) is 0.770. The molecule has 0 saturated carbocycles. The van der Waals surface area contributed by atoms with Crippen molar-refractivity contribution in [3.8, 4) is 17.0 Å². The van der Waals surface area contributed by atoms with E-state index in [9.17, 15) is 10.1 Å². The number of furan rings is 1. The normalized spacial score (nSPS) is 10.8. The Balaban J connectivity index is 1.70. The van der Waals surface area contributed by atoms with Gasteiger partial charge in [0.05, 0.1) is 31.3 Å². The second-order valence-electron chi connectivity index (χ2n) is 4.70. The molecule has 0 bridgehead atoms. The third kappa shape index (κ3) is 3.93. The first-order valence-corrected chi connectivity index (χ1v) is 7.03. The fraction of sp³-hybridized carbons (Fsp3) is 0.0667. The summed E-state index contributed by atoms with van der Waals surface area (Å²) in [6.45, 7) is 0. The maximum absolute atomic E-state index is 10.5. The second kappa shape index (κ2) is 7.17. The number of anilines is 1. The van der Waals surface area contributed by atoms with Crippen molar-refractivity contribution >= 4 is 18.0 Å². The molecule has 126 valence electrons. The number of hydrazone groups is 1. The molecule has 2 aromatic heterocycles. The van der Waals surface area contributed by atoms with Crippen molar-refractivity contribution in [2.75, 3.05) is 12.5 Å². The molecule has 3 rings (SSSR count). The fourth-order valence-corrected chi connectivity index (χ4v) is 1.92. The van der Waals surface area contributed by atoms with Crippen molar-refractivity contribution in [2.24, 2.45) is 5.10 Å². The van der Waals surface area contributed by atoms with Crippen LogP contribution in [0.4, 0.5) is 11.8 Å². The van der Waals surface area contributed by atoms with Crippen LogP contribution >= 0.6 is 0 Å². The smallest absolute Gasteiger partial charge is 0.433 e. The largest absolute Gasteiger partial charge is 0.497 e. The third-order valence-electron chi connectivity index (χ3n) is 3.09. The predicted octanol–water partition coefficient (Wildman–Crippen LogP) is 2.49. The molecule has 3 aromatic rings. The first-order valence-electron chi connectivity index (χ1n) is 7.03. The zero-order chi connectivity index (χ0) is 17.6. The molecule has 0 saturated heterocycles. The zero-order valence-corrected chi connectivity index (χ0v) is 13.0. The predicted molar refractivity (Wildman–Crippen MR) is 88.4 cm³/mol. The number of hydrogen-bond donors (Lipinski definition) is 1. The summed E-state index contributed by atoms with van der Waals surface area (Å²) in [5.41, 5.74) is 4.03. The van der Waals surface area contributed by atoms with Gasteiger partial charge in [-0.05, 0) is 30.3 Å². The van der Waals surface area contributed by atoms with E-state index < -0.39 is 4.92 Å². The highest BCUT2D eigenvalue weighted by molar-refractivity contribution is 5.76. The molecule has 10 nitrogen and oxygen atoms in total. The lowest BCUT2D eigenvalue weighted by Crippen LogP contribution is -1.99. The van der Waals surface area contributed by atoms with Crippen molar-refractivity contribution in [3.63, 3.8) is 0 Å². The molecule has 0 fully saturated rings. The van der Waals surface area contributed by atoms with E-state index in [4.69, 9.17) is 9.15 Å². The molecule has 1 aromatic carbocycles. The first kappa shape index (κ1) is 16.1. The molecule has 0 aliphatic carbocycles. The van der Waals surface area contributed by atoms with Crippen LogP contribution in [0.15, 0.2) is 52.1 Å². The molecular formula is C15H12N6O4. The van der Waals surface area contributed by atoms with Gasteiger partial charge < -0.3 is 9.15 Å². The average Bonchev–Trinajstić information content (AvgIpc) is 3.11. The number of methoxy groups -OCH3 is 1. The van der Waals surface area contributed by atoms with E-state index in [1.54, 1.807) is 7.11 Å². The van der Waals surface area contributed by atoms with Crippen molar-refractivity contribution in [2.45, 2.75) is 0 Å². The number of nitro groups is 1. The van der Waals surface area contributed by atoms with Crippen LogP contribution in [0.25, 0.3) is 11.3 Å². The molecule has 0 aliphatic rings. The lowest BCUT2D eigenvalue weighted by atomic mass is 10.1. The van der Waals surface area contributed by atoms with E-state index in [2.05, 4.69) is 25.7 Å². The Morgan fingerprint density at radius 1 is 1.28 bits per heavy atom. The van der Waals surface area contributed by atoms with Crippen molar-refractivity contribution in [1.29, 1.82) is 0 Å². The molecule has 0 aliphatic heterocycles. The Hall–Kier alpha value is -3.82. The highest BCUT2D eigenvalue weighted by Gasteiger charge is 2.10. The maximum atomic E-state index is 10.5. The zero-order valence-electron chi connectivity index (χ0n) is 13.0. The minimum absolute atomic E-state index is 0.172. The van der Waals surface area contributed by atoms with Crippen LogP contribution in [-0.4, -0.2) is 33.4 Å².